The summed E-state index contributed by atoms with van der Waals surface area (Å²) < 4.78 is 0. The fourth-order valence-corrected chi connectivity index (χ4v) is 1.58. The molecule has 17 heavy (non-hydrogen) atoms. The van der Waals surface area contributed by atoms with E-state index in [2.05, 4.69) is 37.3 Å². The zero-order valence-corrected chi connectivity index (χ0v) is 11.0. The van der Waals surface area contributed by atoms with Gasteiger partial charge in [-0.25, -0.2) is 0 Å². The zero-order valence-electron chi connectivity index (χ0n) is 11.0. The number of carboxylic acids is 1. The van der Waals surface area contributed by atoms with Crippen LogP contribution in [0.3, 0.4) is 0 Å². The molecule has 1 aromatic rings. The fraction of sp³-hybridized carbons (Fsp3) is 0.533. The Hall–Kier alpha value is -1.31. The van der Waals surface area contributed by atoms with E-state index in [9.17, 15) is 0 Å². The van der Waals surface area contributed by atoms with Crippen LogP contribution in [-0.4, -0.2) is 11.1 Å². The Balaban J connectivity index is 0.000000557. The highest BCUT2D eigenvalue weighted by Crippen LogP contribution is 2.08. The molecule has 2 nitrogen and oxygen atoms in total. The molecular formula is C15H24O2. The van der Waals surface area contributed by atoms with Gasteiger partial charge in [-0.15, -0.1) is 0 Å². The second-order valence-corrected chi connectivity index (χ2v) is 4.17. The van der Waals surface area contributed by atoms with Crippen LogP contribution in [0.5, 0.6) is 0 Å². The van der Waals surface area contributed by atoms with Crippen LogP contribution in [0, 0.1) is 0 Å². The minimum Gasteiger partial charge on any atom is -0.481 e. The summed E-state index contributed by atoms with van der Waals surface area (Å²) in [6.07, 6.45) is 8.14. The van der Waals surface area contributed by atoms with E-state index in [1.165, 1.54) is 44.1 Å². The van der Waals surface area contributed by atoms with Crippen LogP contribution < -0.4 is 0 Å². The molecule has 0 aliphatic rings. The van der Waals surface area contributed by atoms with E-state index in [-0.39, 0.29) is 0 Å². The molecule has 0 atom stereocenters. The van der Waals surface area contributed by atoms with Crippen molar-refractivity contribution < 1.29 is 9.90 Å². The normalized spacial score (nSPS) is 9.29. The van der Waals surface area contributed by atoms with Crippen molar-refractivity contribution in [3.63, 3.8) is 0 Å². The van der Waals surface area contributed by atoms with Gasteiger partial charge in [-0.2, -0.15) is 0 Å². The van der Waals surface area contributed by atoms with Gasteiger partial charge in [0.1, 0.15) is 0 Å². The molecule has 1 rings (SSSR count). The quantitative estimate of drug-likeness (QED) is 0.748. The maximum absolute atomic E-state index is 9.00. The predicted molar refractivity (Wildman–Crippen MR) is 72.2 cm³/mol. The summed E-state index contributed by atoms with van der Waals surface area (Å²) in [7, 11) is 0. The largest absolute Gasteiger partial charge is 0.481 e. The van der Waals surface area contributed by atoms with Crippen LogP contribution in [0.25, 0.3) is 0 Å². The highest BCUT2D eigenvalue weighted by atomic mass is 16.4. The first kappa shape index (κ1) is 15.7. The smallest absolute Gasteiger partial charge is 0.300 e. The van der Waals surface area contributed by atoms with Gasteiger partial charge >= 0.3 is 0 Å². The SMILES string of the molecule is CC(=O)O.CCCCCCCc1ccccc1. The molecular weight excluding hydrogens is 212 g/mol. The number of hydrogen-bond acceptors (Lipinski definition) is 1. The Morgan fingerprint density at radius 1 is 1.06 bits per heavy atom. The Bertz CT molecular complexity index is 276. The van der Waals surface area contributed by atoms with Crippen LogP contribution in [0.1, 0.15) is 51.5 Å². The minimum atomic E-state index is -0.833. The fourth-order valence-electron chi connectivity index (χ4n) is 1.58. The first-order valence-corrected chi connectivity index (χ1v) is 6.40. The molecule has 1 N–H and O–H groups in total. The Morgan fingerprint density at radius 2 is 1.59 bits per heavy atom. The van der Waals surface area contributed by atoms with E-state index in [1.54, 1.807) is 0 Å². The second kappa shape index (κ2) is 11.2. The van der Waals surface area contributed by atoms with Crippen LogP contribution in [0.2, 0.25) is 0 Å². The zero-order chi connectivity index (χ0) is 12.9. The van der Waals surface area contributed by atoms with Crippen molar-refractivity contribution in [3.8, 4) is 0 Å². The van der Waals surface area contributed by atoms with E-state index < -0.39 is 5.97 Å². The molecule has 0 heterocycles. The van der Waals surface area contributed by atoms with Crippen molar-refractivity contribution in [3.05, 3.63) is 35.9 Å². The van der Waals surface area contributed by atoms with Crippen molar-refractivity contribution >= 4 is 5.97 Å². The number of aryl methyl sites for hydroxylation is 1. The highest BCUT2D eigenvalue weighted by Gasteiger charge is 1.91. The number of carbonyl (C=O) groups is 1. The lowest BCUT2D eigenvalue weighted by molar-refractivity contribution is -0.134. The van der Waals surface area contributed by atoms with Gasteiger partial charge in [-0.1, -0.05) is 62.9 Å². The summed E-state index contributed by atoms with van der Waals surface area (Å²) in [5.74, 6) is -0.833. The van der Waals surface area contributed by atoms with E-state index >= 15 is 0 Å². The number of aliphatic carboxylic acids is 1. The molecule has 0 unspecified atom stereocenters. The molecule has 96 valence electrons. The molecule has 0 fully saturated rings. The van der Waals surface area contributed by atoms with Gasteiger partial charge in [0, 0.05) is 6.92 Å². The summed E-state index contributed by atoms with van der Waals surface area (Å²) in [5, 5.41) is 7.42. The molecule has 0 saturated carbocycles. The molecule has 0 saturated heterocycles. The number of hydrogen-bond donors (Lipinski definition) is 1. The monoisotopic (exact) mass is 236 g/mol. The molecule has 1 aromatic carbocycles. The van der Waals surface area contributed by atoms with Gasteiger partial charge < -0.3 is 5.11 Å². The van der Waals surface area contributed by atoms with E-state index in [0.29, 0.717) is 0 Å². The van der Waals surface area contributed by atoms with Gasteiger partial charge in [0.25, 0.3) is 5.97 Å². The third kappa shape index (κ3) is 12.6. The lowest BCUT2D eigenvalue weighted by Crippen LogP contribution is -1.84. The lowest BCUT2D eigenvalue weighted by Gasteiger charge is -2.00. The molecule has 0 spiro atoms. The standard InChI is InChI=1S/C13H20.C2H4O2/c1-2-3-4-5-7-10-13-11-8-6-9-12-13;1-2(3)4/h6,8-9,11-12H,2-5,7,10H2,1H3;1H3,(H,3,4). The summed E-state index contributed by atoms with van der Waals surface area (Å²) in [4.78, 5) is 9.00. The van der Waals surface area contributed by atoms with Gasteiger partial charge in [0.15, 0.2) is 0 Å². The highest BCUT2D eigenvalue weighted by molar-refractivity contribution is 5.62. The number of benzene rings is 1. The van der Waals surface area contributed by atoms with E-state index in [1.807, 2.05) is 0 Å². The van der Waals surface area contributed by atoms with Gasteiger partial charge in [0.2, 0.25) is 0 Å². The third-order valence-corrected chi connectivity index (χ3v) is 2.41. The van der Waals surface area contributed by atoms with Crippen molar-refractivity contribution in [2.45, 2.75) is 52.4 Å². The van der Waals surface area contributed by atoms with Crippen LogP contribution >= 0.6 is 0 Å². The first-order chi connectivity index (χ1) is 8.16. The van der Waals surface area contributed by atoms with Crippen LogP contribution in [0.4, 0.5) is 0 Å². The molecule has 0 aliphatic heterocycles. The molecule has 2 heteroatoms. The Morgan fingerprint density at radius 3 is 2.12 bits per heavy atom. The Labute approximate surface area is 105 Å². The summed E-state index contributed by atoms with van der Waals surface area (Å²) >= 11 is 0. The molecule has 0 amide bonds. The van der Waals surface area contributed by atoms with Gasteiger partial charge in [-0.3, -0.25) is 4.79 Å². The average molecular weight is 236 g/mol. The maximum Gasteiger partial charge on any atom is 0.300 e. The Kier molecular flexibility index (Phi) is 10.3. The molecule has 0 radical (unpaired) electrons. The topological polar surface area (TPSA) is 37.3 Å². The predicted octanol–water partition coefficient (Wildman–Crippen LogP) is 4.29. The van der Waals surface area contributed by atoms with Crippen molar-refractivity contribution in [1.82, 2.24) is 0 Å². The van der Waals surface area contributed by atoms with E-state index in [0.717, 1.165) is 6.92 Å². The van der Waals surface area contributed by atoms with Crippen LogP contribution in [0.15, 0.2) is 30.3 Å². The summed E-state index contributed by atoms with van der Waals surface area (Å²) in [6.45, 7) is 3.34. The third-order valence-electron chi connectivity index (χ3n) is 2.41. The summed E-state index contributed by atoms with van der Waals surface area (Å²) in [6, 6.07) is 10.8. The molecule has 0 aliphatic carbocycles. The van der Waals surface area contributed by atoms with Crippen molar-refractivity contribution in [2.75, 3.05) is 0 Å². The summed E-state index contributed by atoms with van der Waals surface area (Å²) in [5.41, 5.74) is 1.49. The molecule has 0 aromatic heterocycles. The maximum atomic E-state index is 9.00. The van der Waals surface area contributed by atoms with Gasteiger partial charge in [-0.05, 0) is 18.4 Å². The van der Waals surface area contributed by atoms with E-state index in [4.69, 9.17) is 9.90 Å². The molecule has 0 bridgehead atoms. The lowest BCUT2D eigenvalue weighted by atomic mass is 10.1. The number of rotatable bonds is 6. The van der Waals surface area contributed by atoms with Crippen molar-refractivity contribution in [1.29, 1.82) is 0 Å². The minimum absolute atomic E-state index is 0.833. The van der Waals surface area contributed by atoms with Crippen molar-refractivity contribution in [2.24, 2.45) is 0 Å². The number of unbranched alkanes of at least 4 members (excludes halogenated alkanes) is 4. The second-order valence-electron chi connectivity index (χ2n) is 4.17. The van der Waals surface area contributed by atoms with Gasteiger partial charge in [0.05, 0.1) is 0 Å². The average Bonchev–Trinajstić information content (AvgIpc) is 2.29. The first-order valence-electron chi connectivity index (χ1n) is 6.40. The number of carboxylic acid groups (broad SMARTS) is 1. The van der Waals surface area contributed by atoms with Crippen LogP contribution in [-0.2, 0) is 11.2 Å².